The summed E-state index contributed by atoms with van der Waals surface area (Å²) >= 11 is 0. The predicted molar refractivity (Wildman–Crippen MR) is 95.6 cm³/mol. The maximum Gasteiger partial charge on any atom is 0.229 e. The first kappa shape index (κ1) is 15.9. The van der Waals surface area contributed by atoms with Crippen molar-refractivity contribution in [2.45, 2.75) is 13.3 Å². The minimum absolute atomic E-state index is 0.0944. The van der Waals surface area contributed by atoms with E-state index in [0.717, 1.165) is 10.8 Å². The van der Waals surface area contributed by atoms with Crippen LogP contribution in [0.4, 0.5) is 5.69 Å². The van der Waals surface area contributed by atoms with Gasteiger partial charge in [0.05, 0.1) is 18.7 Å². The first-order chi connectivity index (χ1) is 11.7. The summed E-state index contributed by atoms with van der Waals surface area (Å²) in [5.74, 6) is 0.561. The van der Waals surface area contributed by atoms with Crippen LogP contribution >= 0.6 is 0 Å². The number of carbonyl (C=O) groups excluding carboxylic acids is 1. The Morgan fingerprint density at radius 1 is 1.04 bits per heavy atom. The van der Waals surface area contributed by atoms with E-state index in [0.29, 0.717) is 23.6 Å². The second kappa shape index (κ2) is 7.04. The Morgan fingerprint density at radius 2 is 1.71 bits per heavy atom. The standard InChI is InChI=1S/C20H19NO3/c1-2-24-19-10-6-5-9-17(19)21-20(23)13-16-11-14-7-3-4-8-15(14)12-18(16)22/h3-12,22H,2,13H2,1H3,(H,21,23). The van der Waals surface area contributed by atoms with Crippen LogP contribution in [0, 0.1) is 0 Å². The molecular formula is C20H19NO3. The molecule has 0 saturated carbocycles. The highest BCUT2D eigenvalue weighted by Gasteiger charge is 2.11. The van der Waals surface area contributed by atoms with Crippen molar-refractivity contribution in [1.29, 1.82) is 0 Å². The number of hydrogen-bond acceptors (Lipinski definition) is 3. The summed E-state index contributed by atoms with van der Waals surface area (Å²) < 4.78 is 5.51. The largest absolute Gasteiger partial charge is 0.508 e. The summed E-state index contributed by atoms with van der Waals surface area (Å²) in [6.45, 7) is 2.42. The first-order valence-corrected chi connectivity index (χ1v) is 7.89. The zero-order valence-corrected chi connectivity index (χ0v) is 13.5. The van der Waals surface area contributed by atoms with Gasteiger partial charge < -0.3 is 15.2 Å². The number of fused-ring (bicyclic) bond motifs is 1. The molecule has 0 unspecified atom stereocenters. The SMILES string of the molecule is CCOc1ccccc1NC(=O)Cc1cc2ccccc2cc1O. The highest BCUT2D eigenvalue weighted by Crippen LogP contribution is 2.27. The van der Waals surface area contributed by atoms with Gasteiger partial charge >= 0.3 is 0 Å². The molecule has 3 aromatic rings. The Hall–Kier alpha value is -3.01. The number of carbonyl (C=O) groups is 1. The Balaban J connectivity index is 1.79. The van der Waals surface area contributed by atoms with Gasteiger partial charge in [-0.3, -0.25) is 4.79 Å². The molecule has 0 atom stereocenters. The molecule has 2 N–H and O–H groups in total. The van der Waals surface area contributed by atoms with Crippen molar-refractivity contribution < 1.29 is 14.6 Å². The van der Waals surface area contributed by atoms with Crippen molar-refractivity contribution >= 4 is 22.4 Å². The first-order valence-electron chi connectivity index (χ1n) is 7.89. The van der Waals surface area contributed by atoms with Crippen LogP contribution in [-0.2, 0) is 11.2 Å². The molecule has 0 saturated heterocycles. The third-order valence-electron chi connectivity index (χ3n) is 3.76. The van der Waals surface area contributed by atoms with Crippen LogP contribution in [-0.4, -0.2) is 17.6 Å². The van der Waals surface area contributed by atoms with E-state index in [-0.39, 0.29) is 18.1 Å². The minimum atomic E-state index is -0.201. The number of rotatable bonds is 5. The number of ether oxygens (including phenoxy) is 1. The van der Waals surface area contributed by atoms with Crippen LogP contribution in [0.5, 0.6) is 11.5 Å². The fourth-order valence-electron chi connectivity index (χ4n) is 2.64. The molecule has 24 heavy (non-hydrogen) atoms. The van der Waals surface area contributed by atoms with E-state index in [1.807, 2.05) is 55.5 Å². The molecule has 0 spiro atoms. The predicted octanol–water partition coefficient (Wildman–Crippen LogP) is 4.13. The van der Waals surface area contributed by atoms with E-state index < -0.39 is 0 Å². The van der Waals surface area contributed by atoms with Crippen LogP contribution in [0.15, 0.2) is 60.7 Å². The van der Waals surface area contributed by atoms with Gasteiger partial charge in [0.25, 0.3) is 0 Å². The average molecular weight is 321 g/mol. The molecule has 1 amide bonds. The molecule has 0 aliphatic heterocycles. The van der Waals surface area contributed by atoms with Crippen LogP contribution in [0.25, 0.3) is 10.8 Å². The van der Waals surface area contributed by atoms with Gasteiger partial charge in [-0.05, 0) is 42.0 Å². The summed E-state index contributed by atoms with van der Waals surface area (Å²) in [5, 5.41) is 14.9. The molecule has 0 heterocycles. The van der Waals surface area contributed by atoms with Gasteiger partial charge in [0.1, 0.15) is 11.5 Å². The lowest BCUT2D eigenvalue weighted by molar-refractivity contribution is -0.115. The maximum atomic E-state index is 12.3. The van der Waals surface area contributed by atoms with Crippen LogP contribution in [0.1, 0.15) is 12.5 Å². The van der Waals surface area contributed by atoms with Crippen molar-refractivity contribution in [1.82, 2.24) is 0 Å². The van der Waals surface area contributed by atoms with Crippen molar-refractivity contribution in [2.24, 2.45) is 0 Å². The smallest absolute Gasteiger partial charge is 0.229 e. The van der Waals surface area contributed by atoms with Gasteiger partial charge in [-0.25, -0.2) is 0 Å². The molecule has 0 aliphatic carbocycles. The van der Waals surface area contributed by atoms with Crippen LogP contribution < -0.4 is 10.1 Å². The van der Waals surface area contributed by atoms with E-state index in [2.05, 4.69) is 5.32 Å². The van der Waals surface area contributed by atoms with Crippen molar-refractivity contribution in [2.75, 3.05) is 11.9 Å². The molecule has 4 nitrogen and oxygen atoms in total. The third kappa shape index (κ3) is 3.49. The highest BCUT2D eigenvalue weighted by atomic mass is 16.5. The van der Waals surface area contributed by atoms with Crippen molar-refractivity contribution in [3.8, 4) is 11.5 Å². The number of phenols is 1. The molecule has 0 bridgehead atoms. The highest BCUT2D eigenvalue weighted by molar-refractivity contribution is 5.95. The summed E-state index contributed by atoms with van der Waals surface area (Å²) in [6.07, 6.45) is 0.0944. The number of aromatic hydroxyl groups is 1. The van der Waals surface area contributed by atoms with Crippen LogP contribution in [0.3, 0.4) is 0 Å². The van der Waals surface area contributed by atoms with Crippen LogP contribution in [0.2, 0.25) is 0 Å². The fourth-order valence-corrected chi connectivity index (χ4v) is 2.64. The molecule has 0 aromatic heterocycles. The number of amides is 1. The van der Waals surface area contributed by atoms with Gasteiger partial charge in [0, 0.05) is 5.56 Å². The van der Waals surface area contributed by atoms with E-state index in [9.17, 15) is 9.90 Å². The van der Waals surface area contributed by atoms with Crippen molar-refractivity contribution in [3.05, 3.63) is 66.2 Å². The fraction of sp³-hybridized carbons (Fsp3) is 0.150. The summed E-state index contributed by atoms with van der Waals surface area (Å²) in [4.78, 5) is 12.3. The van der Waals surface area contributed by atoms with Gasteiger partial charge in [0.15, 0.2) is 0 Å². The number of nitrogens with one attached hydrogen (secondary N) is 1. The molecule has 0 radical (unpaired) electrons. The van der Waals surface area contributed by atoms with Crippen molar-refractivity contribution in [3.63, 3.8) is 0 Å². The topological polar surface area (TPSA) is 58.6 Å². The number of hydrogen-bond donors (Lipinski definition) is 2. The lowest BCUT2D eigenvalue weighted by Gasteiger charge is -2.12. The Bertz CT molecular complexity index is 874. The van der Waals surface area contributed by atoms with E-state index >= 15 is 0 Å². The van der Waals surface area contributed by atoms with E-state index in [4.69, 9.17) is 4.74 Å². The lowest BCUT2D eigenvalue weighted by atomic mass is 10.0. The quantitative estimate of drug-likeness (QED) is 0.743. The maximum absolute atomic E-state index is 12.3. The number of phenolic OH excluding ortho intramolecular Hbond substituents is 1. The summed E-state index contributed by atoms with van der Waals surface area (Å²) in [7, 11) is 0. The minimum Gasteiger partial charge on any atom is -0.508 e. The Labute approximate surface area is 140 Å². The third-order valence-corrected chi connectivity index (χ3v) is 3.76. The van der Waals surface area contributed by atoms with E-state index in [1.54, 1.807) is 12.1 Å². The number of para-hydroxylation sites is 2. The zero-order chi connectivity index (χ0) is 16.9. The molecule has 3 rings (SSSR count). The van der Waals surface area contributed by atoms with E-state index in [1.165, 1.54) is 0 Å². The molecule has 0 fully saturated rings. The van der Waals surface area contributed by atoms with Gasteiger partial charge in [-0.15, -0.1) is 0 Å². The molecular weight excluding hydrogens is 302 g/mol. The molecule has 0 aliphatic rings. The summed E-state index contributed by atoms with van der Waals surface area (Å²) in [5.41, 5.74) is 1.23. The Morgan fingerprint density at radius 3 is 2.46 bits per heavy atom. The second-order valence-corrected chi connectivity index (χ2v) is 5.48. The normalized spacial score (nSPS) is 10.5. The molecule has 3 aromatic carbocycles. The van der Waals surface area contributed by atoms with Gasteiger partial charge in [0.2, 0.25) is 5.91 Å². The van der Waals surface area contributed by atoms with Gasteiger partial charge in [-0.1, -0.05) is 36.4 Å². The zero-order valence-electron chi connectivity index (χ0n) is 13.5. The monoisotopic (exact) mass is 321 g/mol. The lowest BCUT2D eigenvalue weighted by Crippen LogP contribution is -2.15. The van der Waals surface area contributed by atoms with Gasteiger partial charge in [-0.2, -0.15) is 0 Å². The number of benzene rings is 3. The molecule has 4 heteroatoms. The molecule has 122 valence electrons. The Kier molecular flexibility index (Phi) is 4.66. The summed E-state index contributed by atoms with van der Waals surface area (Å²) in [6, 6.07) is 18.6. The average Bonchev–Trinajstić information content (AvgIpc) is 2.57. The number of anilines is 1. The second-order valence-electron chi connectivity index (χ2n) is 5.48.